The summed E-state index contributed by atoms with van der Waals surface area (Å²) in [7, 11) is 2.89. The minimum Gasteiger partial charge on any atom is -0.481 e. The number of esters is 2. The molecule has 3 aliphatic rings. The van der Waals surface area contributed by atoms with Gasteiger partial charge in [0.05, 0.1) is 52.8 Å². The molecule has 0 bridgehead atoms. The van der Waals surface area contributed by atoms with Crippen molar-refractivity contribution in [1.82, 2.24) is 15.0 Å². The molecule has 9 aromatic rings. The first kappa shape index (κ1) is 61.4. The zero-order chi connectivity index (χ0) is 60.4. The normalized spacial score (nSPS) is 16.7. The topological polar surface area (TPSA) is 138 Å². The Labute approximate surface area is 519 Å². The first-order chi connectivity index (χ1) is 41.6. The van der Waals surface area contributed by atoms with E-state index >= 15 is 0 Å². The first-order valence-corrected chi connectivity index (χ1v) is 31.7. The average Bonchev–Trinajstić information content (AvgIpc) is 3.32. The molecule has 3 aromatic heterocycles. The molecule has 19 heteroatoms. The summed E-state index contributed by atoms with van der Waals surface area (Å²) in [6.45, 7) is 8.57. The van der Waals surface area contributed by atoms with Crippen molar-refractivity contribution in [3.05, 3.63) is 177 Å². The van der Waals surface area contributed by atoms with E-state index in [2.05, 4.69) is 49.7 Å². The molecule has 6 heterocycles. The third-order valence-corrected chi connectivity index (χ3v) is 19.5. The maximum absolute atomic E-state index is 13.1. The van der Waals surface area contributed by atoms with Crippen LogP contribution in [0, 0.1) is 49.1 Å². The van der Waals surface area contributed by atoms with Gasteiger partial charge in [-0.15, -0.1) is 22.7 Å². The van der Waals surface area contributed by atoms with Crippen molar-refractivity contribution in [2.24, 2.45) is 17.8 Å². The summed E-state index contributed by atoms with van der Waals surface area (Å²) in [6.07, 6.45) is 5.22. The summed E-state index contributed by atoms with van der Waals surface area (Å²) in [6, 6.07) is 43.8. The molecule has 12 nitrogen and oxygen atoms in total. The second-order valence-electron chi connectivity index (χ2n) is 21.4. The second kappa shape index (κ2) is 28.2. The number of thiazole rings is 3. The summed E-state index contributed by atoms with van der Waals surface area (Å²) in [5.74, 6) is -2.24. The minimum absolute atomic E-state index is 0.0867. The van der Waals surface area contributed by atoms with Gasteiger partial charge >= 0.3 is 17.9 Å². The van der Waals surface area contributed by atoms with E-state index in [4.69, 9.17) is 24.4 Å². The Balaban J connectivity index is 0.000000143. The molecule has 3 unspecified atom stereocenters. The van der Waals surface area contributed by atoms with Crippen LogP contribution in [0.3, 0.4) is 0 Å². The van der Waals surface area contributed by atoms with Crippen molar-refractivity contribution < 1.29 is 42.1 Å². The van der Waals surface area contributed by atoms with Gasteiger partial charge in [0.2, 0.25) is 0 Å². The van der Waals surface area contributed by atoms with E-state index in [1.54, 1.807) is 70.4 Å². The molecule has 0 amide bonds. The number of nitrogens with zero attached hydrogens (tertiary/aromatic N) is 6. The van der Waals surface area contributed by atoms with Crippen molar-refractivity contribution >= 4 is 83.2 Å². The lowest BCUT2D eigenvalue weighted by Gasteiger charge is -2.30. The standard InChI is InChI=1S/C23H23FN2O2S.C22H20BrFN2O2S.C22H21FN2O2S/c1-15-21(18-7-5-16(6-8-18)17-9-11-20(24)12-10-17)25-23(29-15)26-13-3-4-19(14-26)22(27)28-2;1-28-21(27)17-3-2-12-26(13-17)22-25-19(20(23)29-22)16-6-4-14(5-7-16)15-8-10-18(24)11-9-15;1-14-20(24-22(28-14)25-12-2-3-18(13-25)21(26)27)17-6-4-15(5-7-17)16-8-10-19(23)11-9-16/h5-12,19H,3-4,13-14H2,1-2H3;4-11,17H,2-3,12-13H2,1H3;4-11,18H,2-3,12-13H2,1H3,(H,26,27). The zero-order valence-electron chi connectivity index (χ0n) is 48.0. The van der Waals surface area contributed by atoms with Crippen LogP contribution in [0.5, 0.6) is 0 Å². The van der Waals surface area contributed by atoms with Crippen LogP contribution >= 0.6 is 49.9 Å². The molecule has 6 aromatic carbocycles. The number of aromatic nitrogens is 3. The Morgan fingerprint density at radius 1 is 0.442 bits per heavy atom. The molecular weight excluding hydrogens is 1220 g/mol. The van der Waals surface area contributed by atoms with Crippen molar-refractivity contribution in [3.8, 4) is 67.2 Å². The number of aryl methyl sites for hydroxylation is 2. The van der Waals surface area contributed by atoms with Crippen molar-refractivity contribution in [1.29, 1.82) is 0 Å². The van der Waals surface area contributed by atoms with Crippen LogP contribution in [-0.2, 0) is 23.9 Å². The molecule has 3 atom stereocenters. The number of benzene rings is 6. The fraction of sp³-hybridized carbons (Fsp3) is 0.284. The van der Waals surface area contributed by atoms with E-state index in [-0.39, 0.29) is 47.1 Å². The highest BCUT2D eigenvalue weighted by Crippen LogP contribution is 2.41. The van der Waals surface area contributed by atoms with Crippen LogP contribution in [0.25, 0.3) is 67.2 Å². The van der Waals surface area contributed by atoms with Crippen molar-refractivity contribution in [2.75, 3.05) is 68.2 Å². The van der Waals surface area contributed by atoms with Gasteiger partial charge in [0, 0.05) is 65.7 Å². The number of aliphatic carboxylic acids is 1. The summed E-state index contributed by atoms with van der Waals surface area (Å²) < 4.78 is 50.2. The van der Waals surface area contributed by atoms with E-state index in [9.17, 15) is 32.7 Å². The van der Waals surface area contributed by atoms with Crippen LogP contribution in [0.4, 0.5) is 28.6 Å². The van der Waals surface area contributed by atoms with Crippen LogP contribution in [0.15, 0.2) is 149 Å². The summed E-state index contributed by atoms with van der Waals surface area (Å²) >= 11 is 8.49. The highest BCUT2D eigenvalue weighted by Gasteiger charge is 2.31. The molecule has 3 fully saturated rings. The van der Waals surface area contributed by atoms with Crippen LogP contribution in [0.2, 0.25) is 0 Å². The van der Waals surface area contributed by atoms with Gasteiger partial charge in [0.1, 0.15) is 17.5 Å². The predicted molar refractivity (Wildman–Crippen MR) is 342 cm³/mol. The Kier molecular flexibility index (Phi) is 20.1. The molecule has 0 saturated carbocycles. The molecule has 444 valence electrons. The molecule has 0 radical (unpaired) electrons. The molecule has 3 aliphatic heterocycles. The van der Waals surface area contributed by atoms with Gasteiger partial charge in [-0.1, -0.05) is 121 Å². The van der Waals surface area contributed by atoms with E-state index in [1.807, 2.05) is 67.6 Å². The molecule has 86 heavy (non-hydrogen) atoms. The number of ether oxygens (including phenoxy) is 2. The molecule has 0 spiro atoms. The highest BCUT2D eigenvalue weighted by atomic mass is 79.9. The Bertz CT molecular complexity index is 3610. The van der Waals surface area contributed by atoms with E-state index in [0.29, 0.717) is 19.6 Å². The van der Waals surface area contributed by atoms with Crippen molar-refractivity contribution in [2.45, 2.75) is 52.4 Å². The van der Waals surface area contributed by atoms with Gasteiger partial charge < -0.3 is 29.3 Å². The number of hydrogen-bond donors (Lipinski definition) is 1. The third-order valence-electron chi connectivity index (χ3n) is 15.6. The molecular formula is C67H64BrF3N6O6S3. The predicted octanol–water partition coefficient (Wildman–Crippen LogP) is 16.3. The number of anilines is 3. The number of halogens is 4. The maximum Gasteiger partial charge on any atom is 0.310 e. The Morgan fingerprint density at radius 3 is 1.03 bits per heavy atom. The van der Waals surface area contributed by atoms with Gasteiger partial charge in [-0.3, -0.25) is 14.4 Å². The number of carbonyl (C=O) groups excluding carboxylic acids is 2. The fourth-order valence-corrected chi connectivity index (χ4v) is 14.5. The van der Waals surface area contributed by atoms with E-state index < -0.39 is 5.97 Å². The summed E-state index contributed by atoms with van der Waals surface area (Å²) in [5, 5.41) is 12.1. The largest absolute Gasteiger partial charge is 0.481 e. The third kappa shape index (κ3) is 14.9. The molecule has 12 rings (SSSR count). The van der Waals surface area contributed by atoms with Gasteiger partial charge in [-0.25, -0.2) is 28.1 Å². The van der Waals surface area contributed by atoms with Gasteiger partial charge in [0.15, 0.2) is 15.4 Å². The molecule has 0 aliphatic carbocycles. The lowest BCUT2D eigenvalue weighted by molar-refractivity contribution is -0.146. The minimum atomic E-state index is -0.727. The monoisotopic (exact) mass is 1280 g/mol. The Morgan fingerprint density at radius 2 is 0.709 bits per heavy atom. The SMILES string of the molecule is COC(=O)C1CCCN(c2nc(-c3ccc(-c4ccc(F)cc4)cc3)c(Br)s2)C1.COC(=O)C1CCCN(c2nc(-c3ccc(-c4ccc(F)cc4)cc3)c(C)s2)C1.Cc1sc(N2CCCC(C(=O)O)C2)nc1-c1ccc(-c2ccc(F)cc2)cc1. The maximum atomic E-state index is 13.1. The number of carboxylic acids is 1. The zero-order valence-corrected chi connectivity index (χ0v) is 52.0. The summed E-state index contributed by atoms with van der Waals surface area (Å²) in [5.41, 5.74) is 11.9. The van der Waals surface area contributed by atoms with E-state index in [1.165, 1.54) is 50.6 Å². The van der Waals surface area contributed by atoms with Crippen LogP contribution in [-0.4, -0.2) is 91.5 Å². The lowest BCUT2D eigenvalue weighted by Crippen LogP contribution is -2.39. The van der Waals surface area contributed by atoms with Crippen molar-refractivity contribution in [3.63, 3.8) is 0 Å². The van der Waals surface area contributed by atoms with Crippen LogP contribution in [0.1, 0.15) is 48.3 Å². The smallest absolute Gasteiger partial charge is 0.310 e. The summed E-state index contributed by atoms with van der Waals surface area (Å²) in [4.78, 5) is 58.4. The van der Waals surface area contributed by atoms with Gasteiger partial charge in [0.25, 0.3) is 0 Å². The second-order valence-corrected chi connectivity index (χ2v) is 26.1. The van der Waals surface area contributed by atoms with E-state index in [0.717, 1.165) is 154 Å². The molecule has 3 saturated heterocycles. The Hall–Kier alpha value is -7.71. The van der Waals surface area contributed by atoms with Gasteiger partial charge in [-0.2, -0.15) is 0 Å². The highest BCUT2D eigenvalue weighted by molar-refractivity contribution is 9.11. The first-order valence-electron chi connectivity index (χ1n) is 28.4. The lowest BCUT2D eigenvalue weighted by atomic mass is 9.99. The number of methoxy groups -OCH3 is 2. The number of carboxylic acid groups (broad SMARTS) is 1. The number of piperidine rings is 3. The van der Waals surface area contributed by atoms with Gasteiger partial charge in [-0.05, 0) is 138 Å². The number of hydrogen-bond acceptors (Lipinski definition) is 14. The fourth-order valence-electron chi connectivity index (χ4n) is 10.9. The number of rotatable bonds is 12. The average molecular weight is 1280 g/mol. The molecule has 1 N–H and O–H groups in total. The number of carbonyl (C=O) groups is 3. The quantitative estimate of drug-likeness (QED) is 0.117. The van der Waals surface area contributed by atoms with Crippen LogP contribution < -0.4 is 14.7 Å².